The van der Waals surface area contributed by atoms with Crippen LogP contribution in [-0.2, 0) is 0 Å². The van der Waals surface area contributed by atoms with Crippen LogP contribution in [0.4, 0.5) is 11.5 Å². The molecule has 0 radical (unpaired) electrons. The number of anilines is 2. The third kappa shape index (κ3) is 3.74. The standard InChI is InChI=1S/C15H15BrClN3O/c1-8-4-11(5-9(2)14(8)16)19-15(21)10-6-12(17)20-13(7-10)18-3/h4-7H,1-3H3,(H,18,20)(H,19,21). The van der Waals surface area contributed by atoms with Crippen molar-refractivity contribution in [1.82, 2.24) is 4.98 Å². The summed E-state index contributed by atoms with van der Waals surface area (Å²) < 4.78 is 1.05. The Morgan fingerprint density at radius 1 is 1.19 bits per heavy atom. The van der Waals surface area contributed by atoms with Crippen LogP contribution in [-0.4, -0.2) is 17.9 Å². The molecule has 0 aliphatic heterocycles. The predicted molar refractivity (Wildman–Crippen MR) is 90.4 cm³/mol. The van der Waals surface area contributed by atoms with E-state index in [4.69, 9.17) is 11.6 Å². The minimum atomic E-state index is -0.225. The van der Waals surface area contributed by atoms with E-state index >= 15 is 0 Å². The van der Waals surface area contributed by atoms with E-state index in [-0.39, 0.29) is 11.1 Å². The van der Waals surface area contributed by atoms with Crippen LogP contribution in [0.1, 0.15) is 21.5 Å². The summed E-state index contributed by atoms with van der Waals surface area (Å²) >= 11 is 9.42. The Balaban J connectivity index is 2.28. The maximum absolute atomic E-state index is 12.3. The summed E-state index contributed by atoms with van der Waals surface area (Å²) in [4.78, 5) is 16.4. The number of benzene rings is 1. The van der Waals surface area contributed by atoms with Crippen LogP contribution in [0.5, 0.6) is 0 Å². The van der Waals surface area contributed by atoms with E-state index in [0.717, 1.165) is 21.3 Å². The van der Waals surface area contributed by atoms with Gasteiger partial charge in [-0.1, -0.05) is 27.5 Å². The van der Waals surface area contributed by atoms with E-state index < -0.39 is 0 Å². The molecule has 1 amide bonds. The zero-order valence-electron chi connectivity index (χ0n) is 11.9. The highest BCUT2D eigenvalue weighted by atomic mass is 79.9. The maximum Gasteiger partial charge on any atom is 0.255 e. The van der Waals surface area contributed by atoms with Crippen molar-refractivity contribution in [1.29, 1.82) is 0 Å². The highest BCUT2D eigenvalue weighted by Gasteiger charge is 2.11. The second-order valence-corrected chi connectivity index (χ2v) is 5.87. The number of aryl methyl sites for hydroxylation is 2. The average molecular weight is 369 g/mol. The smallest absolute Gasteiger partial charge is 0.255 e. The quantitative estimate of drug-likeness (QED) is 0.789. The molecule has 0 aliphatic carbocycles. The van der Waals surface area contributed by atoms with Gasteiger partial charge in [0.1, 0.15) is 11.0 Å². The van der Waals surface area contributed by atoms with Crippen LogP contribution in [0, 0.1) is 13.8 Å². The summed E-state index contributed by atoms with van der Waals surface area (Å²) in [5, 5.41) is 6.02. The monoisotopic (exact) mass is 367 g/mol. The third-order valence-electron chi connectivity index (χ3n) is 3.01. The van der Waals surface area contributed by atoms with Gasteiger partial charge in [-0.05, 0) is 49.2 Å². The molecule has 1 heterocycles. The number of nitrogens with one attached hydrogen (secondary N) is 2. The largest absolute Gasteiger partial charge is 0.373 e. The topological polar surface area (TPSA) is 54.0 Å². The van der Waals surface area contributed by atoms with Gasteiger partial charge in [-0.3, -0.25) is 4.79 Å². The molecular weight excluding hydrogens is 354 g/mol. The van der Waals surface area contributed by atoms with Crippen LogP contribution < -0.4 is 10.6 Å². The summed E-state index contributed by atoms with van der Waals surface area (Å²) in [5.41, 5.74) is 3.33. The number of carbonyl (C=O) groups is 1. The van der Waals surface area contributed by atoms with E-state index in [1.807, 2.05) is 26.0 Å². The van der Waals surface area contributed by atoms with Gasteiger partial charge in [-0.2, -0.15) is 0 Å². The van der Waals surface area contributed by atoms with Crippen LogP contribution in [0.15, 0.2) is 28.7 Å². The SMILES string of the molecule is CNc1cc(C(=O)Nc2cc(C)c(Br)c(C)c2)cc(Cl)n1. The van der Waals surface area contributed by atoms with Gasteiger partial charge in [0, 0.05) is 22.8 Å². The van der Waals surface area contributed by atoms with Crippen molar-refractivity contribution in [2.24, 2.45) is 0 Å². The summed E-state index contributed by atoms with van der Waals surface area (Å²) in [5.74, 6) is 0.327. The number of carbonyl (C=O) groups excluding carboxylic acids is 1. The van der Waals surface area contributed by atoms with Crippen molar-refractivity contribution in [3.63, 3.8) is 0 Å². The molecule has 0 bridgehead atoms. The molecular formula is C15H15BrClN3O. The highest BCUT2D eigenvalue weighted by molar-refractivity contribution is 9.10. The molecule has 2 N–H and O–H groups in total. The number of nitrogens with zero attached hydrogens (tertiary/aromatic N) is 1. The fourth-order valence-electron chi connectivity index (χ4n) is 1.98. The van der Waals surface area contributed by atoms with Gasteiger partial charge in [0.25, 0.3) is 5.91 Å². The molecule has 1 aromatic heterocycles. The lowest BCUT2D eigenvalue weighted by Gasteiger charge is -2.10. The molecule has 4 nitrogen and oxygen atoms in total. The Morgan fingerprint density at radius 2 is 1.81 bits per heavy atom. The minimum absolute atomic E-state index is 0.225. The normalized spacial score (nSPS) is 10.3. The average Bonchev–Trinajstić information content (AvgIpc) is 2.43. The minimum Gasteiger partial charge on any atom is -0.373 e. The summed E-state index contributed by atoms with van der Waals surface area (Å²) in [6.07, 6.45) is 0. The Bertz CT molecular complexity index is 680. The Hall–Kier alpha value is -1.59. The lowest BCUT2D eigenvalue weighted by atomic mass is 10.1. The molecule has 110 valence electrons. The summed E-state index contributed by atoms with van der Waals surface area (Å²) in [6.45, 7) is 3.96. The van der Waals surface area contributed by atoms with Crippen molar-refractivity contribution in [2.75, 3.05) is 17.7 Å². The van der Waals surface area contributed by atoms with E-state index in [0.29, 0.717) is 11.4 Å². The van der Waals surface area contributed by atoms with Crippen LogP contribution >= 0.6 is 27.5 Å². The van der Waals surface area contributed by atoms with Crippen molar-refractivity contribution in [2.45, 2.75) is 13.8 Å². The lowest BCUT2D eigenvalue weighted by Crippen LogP contribution is -2.13. The molecule has 0 fully saturated rings. The van der Waals surface area contributed by atoms with Gasteiger partial charge < -0.3 is 10.6 Å². The first kappa shape index (κ1) is 15.8. The second-order valence-electron chi connectivity index (χ2n) is 4.69. The van der Waals surface area contributed by atoms with Crippen molar-refractivity contribution < 1.29 is 4.79 Å². The number of aromatic nitrogens is 1. The Labute approximate surface area is 137 Å². The molecule has 2 aromatic rings. The maximum atomic E-state index is 12.3. The van der Waals surface area contributed by atoms with Gasteiger partial charge in [0.2, 0.25) is 0 Å². The molecule has 0 saturated heterocycles. The van der Waals surface area contributed by atoms with Crippen molar-refractivity contribution in [3.05, 3.63) is 50.6 Å². The highest BCUT2D eigenvalue weighted by Crippen LogP contribution is 2.25. The van der Waals surface area contributed by atoms with Gasteiger partial charge in [0.15, 0.2) is 0 Å². The lowest BCUT2D eigenvalue weighted by molar-refractivity contribution is 0.102. The Kier molecular flexibility index (Phi) is 4.85. The fraction of sp³-hybridized carbons (Fsp3) is 0.200. The van der Waals surface area contributed by atoms with Gasteiger partial charge in [0.05, 0.1) is 0 Å². The van der Waals surface area contributed by atoms with Crippen LogP contribution in [0.25, 0.3) is 0 Å². The molecule has 2 rings (SSSR count). The molecule has 21 heavy (non-hydrogen) atoms. The van der Waals surface area contributed by atoms with Gasteiger partial charge in [-0.25, -0.2) is 4.98 Å². The molecule has 0 aliphatic rings. The molecule has 6 heteroatoms. The summed E-state index contributed by atoms with van der Waals surface area (Å²) in [7, 11) is 1.72. The number of hydrogen-bond acceptors (Lipinski definition) is 3. The molecule has 0 spiro atoms. The fourth-order valence-corrected chi connectivity index (χ4v) is 2.41. The first-order valence-corrected chi connectivity index (χ1v) is 7.51. The molecule has 0 saturated carbocycles. The van der Waals surface area contributed by atoms with Gasteiger partial charge >= 0.3 is 0 Å². The second kappa shape index (κ2) is 6.45. The van der Waals surface area contributed by atoms with Crippen LogP contribution in [0.2, 0.25) is 5.15 Å². The Morgan fingerprint density at radius 3 is 2.38 bits per heavy atom. The first-order valence-electron chi connectivity index (χ1n) is 6.34. The van der Waals surface area contributed by atoms with Crippen molar-refractivity contribution in [3.8, 4) is 0 Å². The zero-order valence-corrected chi connectivity index (χ0v) is 14.3. The van der Waals surface area contributed by atoms with E-state index in [9.17, 15) is 4.79 Å². The molecule has 0 unspecified atom stereocenters. The zero-order chi connectivity index (χ0) is 15.6. The van der Waals surface area contributed by atoms with E-state index in [1.165, 1.54) is 6.07 Å². The van der Waals surface area contributed by atoms with Crippen molar-refractivity contribution >= 4 is 44.9 Å². The van der Waals surface area contributed by atoms with E-state index in [2.05, 4.69) is 31.5 Å². The number of halogens is 2. The third-order valence-corrected chi connectivity index (χ3v) is 4.45. The first-order chi connectivity index (χ1) is 9.90. The number of amides is 1. The predicted octanol–water partition coefficient (Wildman–Crippen LogP) is 4.41. The van der Waals surface area contributed by atoms with E-state index in [1.54, 1.807) is 13.1 Å². The summed E-state index contributed by atoms with van der Waals surface area (Å²) in [6, 6.07) is 7.02. The van der Waals surface area contributed by atoms with Gasteiger partial charge in [-0.15, -0.1) is 0 Å². The molecule has 1 aromatic carbocycles. The number of hydrogen-bond donors (Lipinski definition) is 2. The number of rotatable bonds is 3. The van der Waals surface area contributed by atoms with Crippen LogP contribution in [0.3, 0.4) is 0 Å². The number of pyridine rings is 1. The molecule has 0 atom stereocenters.